The van der Waals surface area contributed by atoms with E-state index in [-0.39, 0.29) is 18.4 Å². The summed E-state index contributed by atoms with van der Waals surface area (Å²) in [5.41, 5.74) is 0.644. The number of nitrogens with zero attached hydrogens (tertiary/aromatic N) is 1. The van der Waals surface area contributed by atoms with Gasteiger partial charge in [0.25, 0.3) is 0 Å². The lowest BCUT2D eigenvalue weighted by molar-refractivity contribution is -0.140. The van der Waals surface area contributed by atoms with Crippen LogP contribution < -0.4 is 5.32 Å². The van der Waals surface area contributed by atoms with Crippen LogP contribution in [0.4, 0.5) is 0 Å². The van der Waals surface area contributed by atoms with Gasteiger partial charge in [0, 0.05) is 45.8 Å². The van der Waals surface area contributed by atoms with Crippen molar-refractivity contribution >= 4 is 46.8 Å². The Bertz CT molecular complexity index is 782. The van der Waals surface area contributed by atoms with E-state index in [4.69, 9.17) is 23.2 Å². The highest BCUT2D eigenvalue weighted by atomic mass is 35.5. The molecule has 150 valence electrons. The van der Waals surface area contributed by atoms with Crippen molar-refractivity contribution in [3.8, 4) is 0 Å². The minimum Gasteiger partial charge on any atom is -0.355 e. The molecule has 0 radical (unpaired) electrons. The zero-order chi connectivity index (χ0) is 20.5. The number of thioether (sulfide) groups is 1. The van der Waals surface area contributed by atoms with E-state index in [9.17, 15) is 9.59 Å². The highest BCUT2D eigenvalue weighted by molar-refractivity contribution is 7.99. The molecule has 0 aliphatic carbocycles. The maximum Gasteiger partial charge on any atom is 0.242 e. The molecule has 0 bridgehead atoms. The summed E-state index contributed by atoms with van der Waals surface area (Å²) < 4.78 is 0. The van der Waals surface area contributed by atoms with Crippen molar-refractivity contribution in [2.45, 2.75) is 37.8 Å². The number of carbonyl (C=O) groups excluding carboxylic acids is 2. The predicted octanol–water partition coefficient (Wildman–Crippen LogP) is 5.03. The maximum absolute atomic E-state index is 13.0. The minimum atomic E-state index is -0.624. The molecule has 0 fully saturated rings. The van der Waals surface area contributed by atoms with Gasteiger partial charge in [0.1, 0.15) is 6.04 Å². The Morgan fingerprint density at radius 1 is 1.07 bits per heavy atom. The molecule has 2 aromatic rings. The number of nitrogens with one attached hydrogen (secondary N) is 1. The summed E-state index contributed by atoms with van der Waals surface area (Å²) in [6, 6.07) is 14.5. The van der Waals surface area contributed by atoms with Gasteiger partial charge in [-0.2, -0.15) is 0 Å². The topological polar surface area (TPSA) is 49.4 Å². The Balaban J connectivity index is 2.12. The lowest BCUT2D eigenvalue weighted by Gasteiger charge is -2.29. The third kappa shape index (κ3) is 6.43. The molecule has 2 aromatic carbocycles. The molecule has 2 amide bonds. The van der Waals surface area contributed by atoms with Crippen molar-refractivity contribution in [1.82, 2.24) is 10.2 Å². The van der Waals surface area contributed by atoms with Crippen molar-refractivity contribution in [2.75, 3.05) is 12.3 Å². The first-order chi connectivity index (χ1) is 13.4. The molecule has 7 heteroatoms. The van der Waals surface area contributed by atoms with Crippen molar-refractivity contribution in [3.63, 3.8) is 0 Å². The van der Waals surface area contributed by atoms with Gasteiger partial charge in [-0.3, -0.25) is 9.59 Å². The first-order valence-corrected chi connectivity index (χ1v) is 10.9. The zero-order valence-electron chi connectivity index (χ0n) is 16.0. The Morgan fingerprint density at radius 2 is 1.71 bits per heavy atom. The molecule has 0 aliphatic heterocycles. The van der Waals surface area contributed by atoms with Crippen LogP contribution in [0.2, 0.25) is 10.0 Å². The second-order valence-corrected chi connectivity index (χ2v) is 8.19. The van der Waals surface area contributed by atoms with Crippen LogP contribution in [0.3, 0.4) is 0 Å². The molecule has 0 saturated heterocycles. The van der Waals surface area contributed by atoms with Gasteiger partial charge in [0.2, 0.25) is 11.8 Å². The van der Waals surface area contributed by atoms with Gasteiger partial charge in [-0.25, -0.2) is 0 Å². The summed E-state index contributed by atoms with van der Waals surface area (Å²) >= 11 is 14.2. The first kappa shape index (κ1) is 22.6. The van der Waals surface area contributed by atoms with E-state index in [1.807, 2.05) is 37.3 Å². The van der Waals surface area contributed by atoms with E-state index in [1.165, 1.54) is 0 Å². The number of halogens is 2. The SMILES string of the molecule is CCNC(=O)C(C)N(Cc1c(Cl)cccc1Cl)C(=O)CCSc1ccccc1. The molecule has 1 unspecified atom stereocenters. The van der Waals surface area contributed by atoms with Gasteiger partial charge >= 0.3 is 0 Å². The lowest BCUT2D eigenvalue weighted by Crippen LogP contribution is -2.47. The summed E-state index contributed by atoms with van der Waals surface area (Å²) in [5, 5.41) is 3.73. The minimum absolute atomic E-state index is 0.113. The molecular weight excluding hydrogens is 415 g/mol. The van der Waals surface area contributed by atoms with Crippen LogP contribution in [0.1, 0.15) is 25.8 Å². The normalized spacial score (nSPS) is 11.7. The van der Waals surface area contributed by atoms with Crippen LogP contribution in [0.5, 0.6) is 0 Å². The molecule has 4 nitrogen and oxygen atoms in total. The molecule has 28 heavy (non-hydrogen) atoms. The first-order valence-electron chi connectivity index (χ1n) is 9.12. The number of hydrogen-bond donors (Lipinski definition) is 1. The molecule has 0 spiro atoms. The van der Waals surface area contributed by atoms with Crippen molar-refractivity contribution in [2.24, 2.45) is 0 Å². The monoisotopic (exact) mass is 438 g/mol. The second kappa shape index (κ2) is 11.3. The molecule has 0 heterocycles. The van der Waals surface area contributed by atoms with Gasteiger partial charge in [-0.1, -0.05) is 47.5 Å². The smallest absolute Gasteiger partial charge is 0.242 e. The van der Waals surface area contributed by atoms with Gasteiger partial charge in [0.05, 0.1) is 0 Å². The quantitative estimate of drug-likeness (QED) is 0.558. The van der Waals surface area contributed by atoms with Gasteiger partial charge < -0.3 is 10.2 Å². The summed E-state index contributed by atoms with van der Waals surface area (Å²) in [5.74, 6) is 0.311. The molecule has 1 atom stereocenters. The van der Waals surface area contributed by atoms with Gasteiger partial charge in [-0.05, 0) is 38.1 Å². The highest BCUT2D eigenvalue weighted by Gasteiger charge is 2.26. The molecule has 1 N–H and O–H groups in total. The highest BCUT2D eigenvalue weighted by Crippen LogP contribution is 2.27. The third-order valence-electron chi connectivity index (χ3n) is 4.24. The fourth-order valence-electron chi connectivity index (χ4n) is 2.67. The van der Waals surface area contributed by atoms with E-state index in [0.717, 1.165) is 4.90 Å². The van der Waals surface area contributed by atoms with Crippen LogP contribution in [0, 0.1) is 0 Å². The van der Waals surface area contributed by atoms with E-state index >= 15 is 0 Å². The summed E-state index contributed by atoms with van der Waals surface area (Å²) in [4.78, 5) is 28.0. The van der Waals surface area contributed by atoms with E-state index in [0.29, 0.717) is 34.3 Å². The number of rotatable bonds is 9. The van der Waals surface area contributed by atoms with Crippen LogP contribution in [0.25, 0.3) is 0 Å². The van der Waals surface area contributed by atoms with Crippen LogP contribution in [0.15, 0.2) is 53.4 Å². The largest absolute Gasteiger partial charge is 0.355 e. The predicted molar refractivity (Wildman–Crippen MR) is 117 cm³/mol. The number of hydrogen-bond acceptors (Lipinski definition) is 3. The Kier molecular flexibility index (Phi) is 9.16. The molecule has 0 aromatic heterocycles. The Hall–Kier alpha value is -1.69. The number of carbonyl (C=O) groups is 2. The van der Waals surface area contributed by atoms with E-state index in [2.05, 4.69) is 5.32 Å². The summed E-state index contributed by atoms with van der Waals surface area (Å²) in [6.07, 6.45) is 0.311. The van der Waals surface area contributed by atoms with Crippen molar-refractivity contribution < 1.29 is 9.59 Å². The van der Waals surface area contributed by atoms with Gasteiger partial charge in [-0.15, -0.1) is 11.8 Å². The zero-order valence-corrected chi connectivity index (χ0v) is 18.3. The third-order valence-corrected chi connectivity index (χ3v) is 5.96. The number of amides is 2. The molecule has 2 rings (SSSR count). The summed E-state index contributed by atoms with van der Waals surface area (Å²) in [7, 11) is 0. The molecular formula is C21H24Cl2N2O2S. The maximum atomic E-state index is 13.0. The van der Waals surface area contributed by atoms with Crippen LogP contribution >= 0.6 is 35.0 Å². The second-order valence-electron chi connectivity index (χ2n) is 6.20. The molecule has 0 saturated carbocycles. The van der Waals surface area contributed by atoms with E-state index in [1.54, 1.807) is 41.8 Å². The fraction of sp³-hybridized carbons (Fsp3) is 0.333. The van der Waals surface area contributed by atoms with Crippen molar-refractivity contribution in [1.29, 1.82) is 0 Å². The van der Waals surface area contributed by atoms with Gasteiger partial charge in [0.15, 0.2) is 0 Å². The lowest BCUT2D eigenvalue weighted by atomic mass is 10.1. The Labute approximate surface area is 180 Å². The average Bonchev–Trinajstić information content (AvgIpc) is 2.68. The standard InChI is InChI=1S/C21H24Cl2N2O2S/c1-3-24-21(27)15(2)25(14-17-18(22)10-7-11-19(17)23)20(26)12-13-28-16-8-5-4-6-9-16/h4-11,15H,3,12-14H2,1-2H3,(H,24,27). The van der Waals surface area contributed by atoms with Crippen LogP contribution in [-0.2, 0) is 16.1 Å². The average molecular weight is 439 g/mol. The fourth-order valence-corrected chi connectivity index (χ4v) is 4.05. The number of likely N-dealkylation sites (N-methyl/N-ethyl adjacent to an activating group) is 1. The van der Waals surface area contributed by atoms with Crippen molar-refractivity contribution in [3.05, 3.63) is 64.1 Å². The van der Waals surface area contributed by atoms with E-state index < -0.39 is 6.04 Å². The Morgan fingerprint density at radius 3 is 2.32 bits per heavy atom. The molecule has 0 aliphatic rings. The number of benzene rings is 2. The van der Waals surface area contributed by atoms with Crippen LogP contribution in [-0.4, -0.2) is 35.1 Å². The summed E-state index contributed by atoms with van der Waals surface area (Å²) in [6.45, 7) is 4.25.